The van der Waals surface area contributed by atoms with E-state index in [1.807, 2.05) is 41.8 Å². The first-order chi connectivity index (χ1) is 12.1. The summed E-state index contributed by atoms with van der Waals surface area (Å²) in [4.78, 5) is 18.8. The molecule has 0 radical (unpaired) electrons. The van der Waals surface area contributed by atoms with E-state index in [1.54, 1.807) is 19.1 Å². The van der Waals surface area contributed by atoms with E-state index in [1.165, 1.54) is 16.9 Å². The maximum Gasteiger partial charge on any atom is 0.273 e. The lowest BCUT2D eigenvalue weighted by Crippen LogP contribution is -2.26. The fourth-order valence-corrected chi connectivity index (χ4v) is 3.27. The minimum Gasteiger partial charge on any atom is -0.497 e. The average molecular weight is 352 g/mol. The van der Waals surface area contributed by atoms with E-state index in [9.17, 15) is 4.79 Å². The van der Waals surface area contributed by atoms with Gasteiger partial charge in [0, 0.05) is 24.5 Å². The molecule has 2 aromatic carbocycles. The standard InChI is InChI=1S/C20H20N2O2S/c1-14-4-6-15(7-5-14)12-22(2)20(23)18-13-25-19(21-18)16-8-10-17(24-3)11-9-16/h4-11,13H,12H2,1-3H3. The van der Waals surface area contributed by atoms with Gasteiger partial charge in [-0.05, 0) is 36.8 Å². The van der Waals surface area contributed by atoms with Gasteiger partial charge in [0.1, 0.15) is 16.5 Å². The highest BCUT2D eigenvalue weighted by Crippen LogP contribution is 2.26. The molecule has 0 saturated heterocycles. The van der Waals surface area contributed by atoms with Gasteiger partial charge < -0.3 is 9.64 Å². The van der Waals surface area contributed by atoms with E-state index in [0.29, 0.717) is 12.2 Å². The molecule has 0 N–H and O–H groups in total. The topological polar surface area (TPSA) is 42.4 Å². The van der Waals surface area contributed by atoms with Crippen molar-refractivity contribution in [2.75, 3.05) is 14.2 Å². The third-order valence-electron chi connectivity index (χ3n) is 3.95. The van der Waals surface area contributed by atoms with Crippen molar-refractivity contribution in [2.45, 2.75) is 13.5 Å². The molecule has 4 nitrogen and oxygen atoms in total. The summed E-state index contributed by atoms with van der Waals surface area (Å²) in [7, 11) is 3.44. The van der Waals surface area contributed by atoms with Crippen LogP contribution in [0, 0.1) is 6.92 Å². The molecule has 0 spiro atoms. The number of thiazole rings is 1. The van der Waals surface area contributed by atoms with Crippen molar-refractivity contribution in [3.05, 3.63) is 70.7 Å². The second-order valence-corrected chi connectivity index (χ2v) is 6.77. The van der Waals surface area contributed by atoms with E-state index in [0.717, 1.165) is 21.9 Å². The molecule has 0 saturated carbocycles. The van der Waals surface area contributed by atoms with Crippen molar-refractivity contribution < 1.29 is 9.53 Å². The van der Waals surface area contributed by atoms with E-state index >= 15 is 0 Å². The summed E-state index contributed by atoms with van der Waals surface area (Å²) in [5, 5.41) is 2.64. The molecule has 5 heteroatoms. The van der Waals surface area contributed by atoms with E-state index in [4.69, 9.17) is 4.74 Å². The summed E-state index contributed by atoms with van der Waals surface area (Å²) in [5.74, 6) is 0.728. The number of aryl methyl sites for hydroxylation is 1. The lowest BCUT2D eigenvalue weighted by Gasteiger charge is -2.16. The van der Waals surface area contributed by atoms with Gasteiger partial charge in [-0.1, -0.05) is 29.8 Å². The largest absolute Gasteiger partial charge is 0.497 e. The smallest absolute Gasteiger partial charge is 0.273 e. The van der Waals surface area contributed by atoms with Crippen molar-refractivity contribution in [1.82, 2.24) is 9.88 Å². The number of amides is 1. The monoisotopic (exact) mass is 352 g/mol. The summed E-state index contributed by atoms with van der Waals surface area (Å²) < 4.78 is 5.17. The molecule has 0 aliphatic carbocycles. The SMILES string of the molecule is COc1ccc(-c2nc(C(=O)N(C)Cc3ccc(C)cc3)cs2)cc1. The lowest BCUT2D eigenvalue weighted by molar-refractivity contribution is 0.0780. The molecule has 1 aromatic heterocycles. The Labute approximate surface area is 151 Å². The number of ether oxygens (including phenoxy) is 1. The summed E-state index contributed by atoms with van der Waals surface area (Å²) in [6, 6.07) is 15.9. The molecule has 0 fully saturated rings. The van der Waals surface area contributed by atoms with Crippen molar-refractivity contribution in [2.24, 2.45) is 0 Å². The Morgan fingerprint density at radius 1 is 1.12 bits per heavy atom. The third-order valence-corrected chi connectivity index (χ3v) is 4.84. The van der Waals surface area contributed by atoms with Crippen LogP contribution in [0.1, 0.15) is 21.6 Å². The summed E-state index contributed by atoms with van der Waals surface area (Å²) in [6.07, 6.45) is 0. The molecule has 0 atom stereocenters. The Kier molecular flexibility index (Phi) is 5.14. The van der Waals surface area contributed by atoms with Crippen LogP contribution in [-0.4, -0.2) is 29.9 Å². The van der Waals surface area contributed by atoms with Gasteiger partial charge >= 0.3 is 0 Å². The first kappa shape index (κ1) is 17.2. The molecular formula is C20H20N2O2S. The van der Waals surface area contributed by atoms with Gasteiger partial charge in [-0.2, -0.15) is 0 Å². The minimum absolute atomic E-state index is 0.0726. The maximum absolute atomic E-state index is 12.6. The lowest BCUT2D eigenvalue weighted by atomic mass is 10.1. The van der Waals surface area contributed by atoms with Crippen LogP contribution in [-0.2, 0) is 6.54 Å². The van der Waals surface area contributed by atoms with Crippen LogP contribution < -0.4 is 4.74 Å². The number of hydrogen-bond donors (Lipinski definition) is 0. The summed E-state index contributed by atoms with van der Waals surface area (Å²) in [6.45, 7) is 2.61. The number of hydrogen-bond acceptors (Lipinski definition) is 4. The highest BCUT2D eigenvalue weighted by atomic mass is 32.1. The minimum atomic E-state index is -0.0726. The molecule has 3 aromatic rings. The molecule has 128 valence electrons. The Bertz CT molecular complexity index is 854. The number of methoxy groups -OCH3 is 1. The number of aromatic nitrogens is 1. The summed E-state index contributed by atoms with van der Waals surface area (Å²) >= 11 is 1.47. The highest BCUT2D eigenvalue weighted by molar-refractivity contribution is 7.13. The number of benzene rings is 2. The molecule has 25 heavy (non-hydrogen) atoms. The van der Waals surface area contributed by atoms with Gasteiger partial charge in [0.15, 0.2) is 0 Å². The molecule has 1 amide bonds. The molecular weight excluding hydrogens is 332 g/mol. The fourth-order valence-electron chi connectivity index (χ4n) is 2.47. The van der Waals surface area contributed by atoms with Crippen LogP contribution in [0.2, 0.25) is 0 Å². The number of rotatable bonds is 5. The van der Waals surface area contributed by atoms with Crippen LogP contribution in [0.4, 0.5) is 0 Å². The predicted molar refractivity (Wildman–Crippen MR) is 101 cm³/mol. The summed E-state index contributed by atoms with van der Waals surface area (Å²) in [5.41, 5.74) is 3.77. The number of carbonyl (C=O) groups excluding carboxylic acids is 1. The zero-order valence-electron chi connectivity index (χ0n) is 14.5. The Morgan fingerprint density at radius 2 is 1.80 bits per heavy atom. The molecule has 0 bridgehead atoms. The van der Waals surface area contributed by atoms with Crippen LogP contribution in [0.5, 0.6) is 5.75 Å². The maximum atomic E-state index is 12.6. The van der Waals surface area contributed by atoms with Gasteiger partial charge in [-0.15, -0.1) is 11.3 Å². The van der Waals surface area contributed by atoms with Crippen molar-refractivity contribution in [3.63, 3.8) is 0 Å². The quantitative estimate of drug-likeness (QED) is 0.683. The van der Waals surface area contributed by atoms with E-state index in [-0.39, 0.29) is 5.91 Å². The van der Waals surface area contributed by atoms with Gasteiger partial charge in [0.2, 0.25) is 0 Å². The average Bonchev–Trinajstić information content (AvgIpc) is 3.13. The van der Waals surface area contributed by atoms with Crippen molar-refractivity contribution in [1.29, 1.82) is 0 Å². The molecule has 0 aliphatic rings. The zero-order chi connectivity index (χ0) is 17.8. The Balaban J connectivity index is 1.71. The van der Waals surface area contributed by atoms with Gasteiger partial charge in [0.05, 0.1) is 7.11 Å². The molecule has 1 heterocycles. The highest BCUT2D eigenvalue weighted by Gasteiger charge is 2.16. The Hall–Kier alpha value is -2.66. The second-order valence-electron chi connectivity index (χ2n) is 5.91. The van der Waals surface area contributed by atoms with Gasteiger partial charge in [0.25, 0.3) is 5.91 Å². The van der Waals surface area contributed by atoms with Crippen LogP contribution in [0.3, 0.4) is 0 Å². The molecule has 0 unspecified atom stereocenters. The second kappa shape index (κ2) is 7.49. The first-order valence-corrected chi connectivity index (χ1v) is 8.86. The van der Waals surface area contributed by atoms with Crippen LogP contribution in [0.25, 0.3) is 10.6 Å². The zero-order valence-corrected chi connectivity index (χ0v) is 15.3. The van der Waals surface area contributed by atoms with Crippen LogP contribution in [0.15, 0.2) is 53.9 Å². The molecule has 3 rings (SSSR count). The van der Waals surface area contributed by atoms with E-state index < -0.39 is 0 Å². The number of carbonyl (C=O) groups is 1. The van der Waals surface area contributed by atoms with Crippen molar-refractivity contribution >= 4 is 17.2 Å². The van der Waals surface area contributed by atoms with Crippen LogP contribution >= 0.6 is 11.3 Å². The van der Waals surface area contributed by atoms with Gasteiger partial charge in [-0.25, -0.2) is 4.98 Å². The normalized spacial score (nSPS) is 10.5. The predicted octanol–water partition coefficient (Wildman–Crippen LogP) is 4.40. The Morgan fingerprint density at radius 3 is 2.44 bits per heavy atom. The third kappa shape index (κ3) is 4.06. The van der Waals surface area contributed by atoms with E-state index in [2.05, 4.69) is 24.0 Å². The van der Waals surface area contributed by atoms with Gasteiger partial charge in [-0.3, -0.25) is 4.79 Å². The first-order valence-electron chi connectivity index (χ1n) is 7.98. The molecule has 0 aliphatic heterocycles. The van der Waals surface area contributed by atoms with Crippen molar-refractivity contribution in [3.8, 4) is 16.3 Å². The fraction of sp³-hybridized carbons (Fsp3) is 0.200. The number of nitrogens with zero attached hydrogens (tertiary/aromatic N) is 2.